The molecule has 2 heterocycles. The summed E-state index contributed by atoms with van der Waals surface area (Å²) in [5.74, 6) is 0.570. The fourth-order valence-corrected chi connectivity index (χ4v) is 3.05. The van der Waals surface area contributed by atoms with Gasteiger partial charge in [-0.2, -0.15) is 0 Å². The van der Waals surface area contributed by atoms with E-state index in [1.807, 2.05) is 18.2 Å². The van der Waals surface area contributed by atoms with E-state index in [4.69, 9.17) is 0 Å². The number of pyridine rings is 1. The molecule has 23 heavy (non-hydrogen) atoms. The normalized spacial score (nSPS) is 17.3. The Balaban J connectivity index is 1.46. The maximum atomic E-state index is 12.0. The number of rotatable bonds is 5. The zero-order chi connectivity index (χ0) is 16.1. The minimum Gasteiger partial charge on any atom is -0.371 e. The van der Waals surface area contributed by atoms with Gasteiger partial charge in [0, 0.05) is 37.2 Å². The highest BCUT2D eigenvalue weighted by Gasteiger charge is 2.23. The molecule has 120 valence electrons. The van der Waals surface area contributed by atoms with E-state index in [2.05, 4.69) is 46.4 Å². The lowest BCUT2D eigenvalue weighted by Crippen LogP contribution is -2.32. The molecule has 0 radical (unpaired) electrons. The molecule has 0 saturated carbocycles. The number of aryl methyl sites for hydroxylation is 1. The van der Waals surface area contributed by atoms with Crippen molar-refractivity contribution in [3.05, 3.63) is 59.9 Å². The lowest BCUT2D eigenvalue weighted by atomic mass is 10.1. The van der Waals surface area contributed by atoms with E-state index in [-0.39, 0.29) is 5.91 Å². The highest BCUT2D eigenvalue weighted by Crippen LogP contribution is 2.24. The summed E-state index contributed by atoms with van der Waals surface area (Å²) in [4.78, 5) is 18.6. The summed E-state index contributed by atoms with van der Waals surface area (Å²) in [5.41, 5.74) is 3.39. The Bertz CT molecular complexity index is 657. The Morgan fingerprint density at radius 3 is 3.00 bits per heavy atom. The molecule has 4 nitrogen and oxygen atoms in total. The van der Waals surface area contributed by atoms with Gasteiger partial charge in [-0.1, -0.05) is 18.2 Å². The SMILES string of the molecule is Cc1cccc(N2CCC(CNC(=O)Cc3ccccn3)C2)c1. The highest BCUT2D eigenvalue weighted by molar-refractivity contribution is 5.78. The van der Waals surface area contributed by atoms with Crippen molar-refractivity contribution in [2.75, 3.05) is 24.5 Å². The summed E-state index contributed by atoms with van der Waals surface area (Å²) in [6.07, 6.45) is 3.20. The molecule has 2 aromatic rings. The number of hydrogen-bond donors (Lipinski definition) is 1. The van der Waals surface area contributed by atoms with E-state index in [1.54, 1.807) is 6.20 Å². The van der Waals surface area contributed by atoms with Gasteiger partial charge in [-0.15, -0.1) is 0 Å². The molecule has 1 atom stereocenters. The molecule has 1 N–H and O–H groups in total. The van der Waals surface area contributed by atoms with Gasteiger partial charge >= 0.3 is 0 Å². The molecule has 1 amide bonds. The van der Waals surface area contributed by atoms with Crippen molar-refractivity contribution in [2.24, 2.45) is 5.92 Å². The van der Waals surface area contributed by atoms with Crippen molar-refractivity contribution in [3.8, 4) is 0 Å². The molecular weight excluding hydrogens is 286 g/mol. The summed E-state index contributed by atoms with van der Waals surface area (Å²) < 4.78 is 0. The topological polar surface area (TPSA) is 45.2 Å². The van der Waals surface area contributed by atoms with Crippen LogP contribution >= 0.6 is 0 Å². The van der Waals surface area contributed by atoms with Crippen LogP contribution in [0.3, 0.4) is 0 Å². The van der Waals surface area contributed by atoms with Gasteiger partial charge in [-0.25, -0.2) is 0 Å². The standard InChI is InChI=1S/C19H23N3O/c1-15-5-4-7-18(11-15)22-10-8-16(14-22)13-21-19(23)12-17-6-2-3-9-20-17/h2-7,9,11,16H,8,10,12-14H2,1H3,(H,21,23). The fourth-order valence-electron chi connectivity index (χ4n) is 3.05. The molecule has 1 aliphatic rings. The molecule has 1 fully saturated rings. The molecule has 1 saturated heterocycles. The highest BCUT2D eigenvalue weighted by atomic mass is 16.1. The van der Waals surface area contributed by atoms with E-state index >= 15 is 0 Å². The number of carbonyl (C=O) groups excluding carboxylic acids is 1. The smallest absolute Gasteiger partial charge is 0.226 e. The van der Waals surface area contributed by atoms with Crippen LogP contribution in [0.4, 0.5) is 5.69 Å². The van der Waals surface area contributed by atoms with Gasteiger partial charge in [-0.3, -0.25) is 9.78 Å². The summed E-state index contributed by atoms with van der Waals surface area (Å²) in [7, 11) is 0. The fraction of sp³-hybridized carbons (Fsp3) is 0.368. The molecule has 4 heteroatoms. The second kappa shape index (κ2) is 7.27. The van der Waals surface area contributed by atoms with Crippen LogP contribution < -0.4 is 10.2 Å². The molecular formula is C19H23N3O. The molecule has 0 bridgehead atoms. The van der Waals surface area contributed by atoms with Crippen molar-refractivity contribution >= 4 is 11.6 Å². The Labute approximate surface area is 137 Å². The molecule has 0 spiro atoms. The number of nitrogens with one attached hydrogen (secondary N) is 1. The van der Waals surface area contributed by atoms with Crippen molar-refractivity contribution in [1.82, 2.24) is 10.3 Å². The van der Waals surface area contributed by atoms with Gasteiger partial charge in [0.25, 0.3) is 0 Å². The number of amides is 1. The second-order valence-electron chi connectivity index (χ2n) is 6.24. The van der Waals surface area contributed by atoms with Crippen LogP contribution in [0.25, 0.3) is 0 Å². The Morgan fingerprint density at radius 1 is 1.30 bits per heavy atom. The van der Waals surface area contributed by atoms with E-state index in [1.165, 1.54) is 11.3 Å². The maximum absolute atomic E-state index is 12.0. The molecule has 0 aliphatic carbocycles. The minimum atomic E-state index is 0.0534. The van der Waals surface area contributed by atoms with E-state index in [0.717, 1.165) is 31.7 Å². The van der Waals surface area contributed by atoms with Crippen LogP contribution in [-0.4, -0.2) is 30.5 Å². The predicted octanol–water partition coefficient (Wildman–Crippen LogP) is 2.58. The van der Waals surface area contributed by atoms with Gasteiger partial charge < -0.3 is 10.2 Å². The van der Waals surface area contributed by atoms with Crippen molar-refractivity contribution < 1.29 is 4.79 Å². The van der Waals surface area contributed by atoms with Crippen LogP contribution in [0, 0.1) is 12.8 Å². The van der Waals surface area contributed by atoms with Gasteiger partial charge in [0.2, 0.25) is 5.91 Å². The average molecular weight is 309 g/mol. The van der Waals surface area contributed by atoms with Crippen LogP contribution in [0.5, 0.6) is 0 Å². The van der Waals surface area contributed by atoms with Crippen molar-refractivity contribution in [1.29, 1.82) is 0 Å². The summed E-state index contributed by atoms with van der Waals surface area (Å²) in [6.45, 7) is 4.93. The van der Waals surface area contributed by atoms with Gasteiger partial charge in [0.05, 0.1) is 6.42 Å². The van der Waals surface area contributed by atoms with Crippen LogP contribution in [-0.2, 0) is 11.2 Å². The Morgan fingerprint density at radius 2 is 2.22 bits per heavy atom. The van der Waals surface area contributed by atoms with Gasteiger partial charge in [0.1, 0.15) is 0 Å². The first-order valence-electron chi connectivity index (χ1n) is 8.19. The molecule has 1 aromatic heterocycles. The molecule has 3 rings (SSSR count). The first kappa shape index (κ1) is 15.5. The molecule has 1 aromatic carbocycles. The Kier molecular flexibility index (Phi) is 4.91. The zero-order valence-corrected chi connectivity index (χ0v) is 13.5. The lowest BCUT2D eigenvalue weighted by molar-refractivity contribution is -0.120. The lowest BCUT2D eigenvalue weighted by Gasteiger charge is -2.19. The summed E-state index contributed by atoms with van der Waals surface area (Å²) in [5, 5.41) is 3.05. The number of benzene rings is 1. The van der Waals surface area contributed by atoms with E-state index in [9.17, 15) is 4.79 Å². The number of carbonyl (C=O) groups is 1. The van der Waals surface area contributed by atoms with Crippen molar-refractivity contribution in [3.63, 3.8) is 0 Å². The van der Waals surface area contributed by atoms with Crippen LogP contribution in [0.1, 0.15) is 17.7 Å². The number of nitrogens with zero attached hydrogens (tertiary/aromatic N) is 2. The Hall–Kier alpha value is -2.36. The molecule has 1 unspecified atom stereocenters. The number of aromatic nitrogens is 1. The third-order valence-corrected chi connectivity index (χ3v) is 4.31. The zero-order valence-electron chi connectivity index (χ0n) is 13.5. The first-order chi connectivity index (χ1) is 11.2. The first-order valence-corrected chi connectivity index (χ1v) is 8.19. The maximum Gasteiger partial charge on any atom is 0.226 e. The van der Waals surface area contributed by atoms with Crippen molar-refractivity contribution in [2.45, 2.75) is 19.8 Å². The number of anilines is 1. The summed E-state index contributed by atoms with van der Waals surface area (Å²) >= 11 is 0. The minimum absolute atomic E-state index is 0.0534. The van der Waals surface area contributed by atoms with Crippen LogP contribution in [0.15, 0.2) is 48.7 Å². The largest absolute Gasteiger partial charge is 0.371 e. The van der Waals surface area contributed by atoms with E-state index in [0.29, 0.717) is 12.3 Å². The average Bonchev–Trinajstić information content (AvgIpc) is 3.03. The van der Waals surface area contributed by atoms with E-state index < -0.39 is 0 Å². The second-order valence-corrected chi connectivity index (χ2v) is 6.24. The third-order valence-electron chi connectivity index (χ3n) is 4.31. The monoisotopic (exact) mass is 309 g/mol. The predicted molar refractivity (Wildman–Crippen MR) is 92.4 cm³/mol. The summed E-state index contributed by atoms with van der Waals surface area (Å²) in [6, 6.07) is 14.3. The van der Waals surface area contributed by atoms with Crippen LogP contribution in [0.2, 0.25) is 0 Å². The van der Waals surface area contributed by atoms with Gasteiger partial charge in [-0.05, 0) is 49.1 Å². The van der Waals surface area contributed by atoms with Gasteiger partial charge in [0.15, 0.2) is 0 Å². The quantitative estimate of drug-likeness (QED) is 0.923. The molecule has 1 aliphatic heterocycles. The third kappa shape index (κ3) is 4.31. The number of hydrogen-bond acceptors (Lipinski definition) is 3.